The first-order valence-corrected chi connectivity index (χ1v) is 5.83. The maximum absolute atomic E-state index is 10.9. The molecule has 0 radical (unpaired) electrons. The molecule has 0 fully saturated rings. The quantitative estimate of drug-likeness (QED) is 0.728. The zero-order chi connectivity index (χ0) is 12.1. The highest BCUT2D eigenvalue weighted by Gasteiger charge is 2.07. The van der Waals surface area contributed by atoms with Crippen molar-refractivity contribution >= 4 is 23.4 Å². The molecule has 5 nitrogen and oxygen atoms in total. The summed E-state index contributed by atoms with van der Waals surface area (Å²) >= 11 is 1.52. The first-order chi connectivity index (χ1) is 7.50. The van der Waals surface area contributed by atoms with Crippen LogP contribution in [0.1, 0.15) is 10.5 Å². The molecule has 6 heteroatoms. The van der Waals surface area contributed by atoms with Crippen molar-refractivity contribution in [2.24, 2.45) is 5.73 Å². The lowest BCUT2D eigenvalue weighted by molar-refractivity contribution is 0.0995. The van der Waals surface area contributed by atoms with E-state index >= 15 is 0 Å². The zero-order valence-corrected chi connectivity index (χ0v) is 10.3. The molecular formula is C10H16N4OS. The van der Waals surface area contributed by atoms with Crippen LogP contribution >= 0.6 is 11.8 Å². The van der Waals surface area contributed by atoms with Gasteiger partial charge < -0.3 is 16.4 Å². The predicted octanol–water partition coefficient (Wildman–Crippen LogP) is 0.416. The summed E-state index contributed by atoms with van der Waals surface area (Å²) < 4.78 is 0. The van der Waals surface area contributed by atoms with Crippen LogP contribution in [-0.4, -0.2) is 42.2 Å². The van der Waals surface area contributed by atoms with Crippen LogP contribution in [-0.2, 0) is 0 Å². The van der Waals surface area contributed by atoms with E-state index in [9.17, 15) is 4.79 Å². The maximum atomic E-state index is 10.9. The number of carbonyl (C=O) groups is 1. The minimum Gasteiger partial charge on any atom is -0.397 e. The highest BCUT2D eigenvalue weighted by molar-refractivity contribution is 7.99. The first-order valence-electron chi connectivity index (χ1n) is 4.84. The second kappa shape index (κ2) is 5.72. The Hall–Kier alpha value is -1.27. The molecule has 0 unspecified atom stereocenters. The van der Waals surface area contributed by atoms with Crippen LogP contribution in [0.15, 0.2) is 17.2 Å². The fourth-order valence-electron chi connectivity index (χ4n) is 1.03. The fourth-order valence-corrected chi connectivity index (χ4v) is 2.08. The van der Waals surface area contributed by atoms with Crippen molar-refractivity contribution in [2.45, 2.75) is 5.03 Å². The molecule has 0 aromatic carbocycles. The van der Waals surface area contributed by atoms with E-state index in [4.69, 9.17) is 11.5 Å². The number of pyridine rings is 1. The average Bonchev–Trinajstić information content (AvgIpc) is 2.20. The third-order valence-corrected chi connectivity index (χ3v) is 2.91. The van der Waals surface area contributed by atoms with E-state index in [2.05, 4.69) is 9.88 Å². The molecule has 4 N–H and O–H groups in total. The fraction of sp³-hybridized carbons (Fsp3) is 0.400. The van der Waals surface area contributed by atoms with Gasteiger partial charge in [-0.2, -0.15) is 0 Å². The van der Waals surface area contributed by atoms with Crippen molar-refractivity contribution in [3.63, 3.8) is 0 Å². The summed E-state index contributed by atoms with van der Waals surface area (Å²) in [4.78, 5) is 17.1. The number of aromatic nitrogens is 1. The summed E-state index contributed by atoms with van der Waals surface area (Å²) in [6.07, 6.45) is 0. The summed E-state index contributed by atoms with van der Waals surface area (Å²) in [6, 6.07) is 3.19. The summed E-state index contributed by atoms with van der Waals surface area (Å²) in [5.41, 5.74) is 11.7. The molecule has 1 rings (SSSR count). The van der Waals surface area contributed by atoms with E-state index in [0.717, 1.165) is 12.3 Å². The predicted molar refractivity (Wildman–Crippen MR) is 66.4 cm³/mol. The molecule has 0 saturated heterocycles. The van der Waals surface area contributed by atoms with Crippen LogP contribution in [0.25, 0.3) is 0 Å². The number of hydrogen-bond acceptors (Lipinski definition) is 5. The van der Waals surface area contributed by atoms with Crippen molar-refractivity contribution < 1.29 is 4.79 Å². The molecule has 16 heavy (non-hydrogen) atoms. The summed E-state index contributed by atoms with van der Waals surface area (Å²) in [7, 11) is 3.99. The van der Waals surface area contributed by atoms with Gasteiger partial charge >= 0.3 is 0 Å². The van der Waals surface area contributed by atoms with Gasteiger partial charge in [0, 0.05) is 12.3 Å². The van der Waals surface area contributed by atoms with Gasteiger partial charge in [-0.1, -0.05) is 0 Å². The Morgan fingerprint density at radius 2 is 2.19 bits per heavy atom. The van der Waals surface area contributed by atoms with Crippen LogP contribution in [0.5, 0.6) is 0 Å². The molecule has 0 spiro atoms. The highest BCUT2D eigenvalue weighted by atomic mass is 32.2. The summed E-state index contributed by atoms with van der Waals surface area (Å²) in [6.45, 7) is 0.923. The van der Waals surface area contributed by atoms with Crippen LogP contribution in [0, 0.1) is 0 Å². The molecule has 0 saturated carbocycles. The SMILES string of the molecule is CN(C)CCSc1nc(C(N)=O)ccc1N. The second-order valence-corrected chi connectivity index (χ2v) is 4.69. The molecule has 0 aliphatic carbocycles. The minimum absolute atomic E-state index is 0.251. The molecule has 1 aromatic heterocycles. The van der Waals surface area contributed by atoms with Crippen LogP contribution in [0.3, 0.4) is 0 Å². The molecule has 88 valence electrons. The Bertz CT molecular complexity index is 381. The first kappa shape index (κ1) is 12.8. The number of nitrogens with zero attached hydrogens (tertiary/aromatic N) is 2. The molecule has 0 aliphatic heterocycles. The van der Waals surface area contributed by atoms with Crippen LogP contribution in [0.4, 0.5) is 5.69 Å². The lowest BCUT2D eigenvalue weighted by Crippen LogP contribution is -2.16. The average molecular weight is 240 g/mol. The highest BCUT2D eigenvalue weighted by Crippen LogP contribution is 2.22. The van der Waals surface area contributed by atoms with Gasteiger partial charge in [-0.15, -0.1) is 11.8 Å². The van der Waals surface area contributed by atoms with Gasteiger partial charge in [-0.05, 0) is 26.2 Å². The van der Waals surface area contributed by atoms with E-state index in [-0.39, 0.29) is 5.69 Å². The number of nitrogen functional groups attached to an aromatic ring is 1. The van der Waals surface area contributed by atoms with Gasteiger partial charge in [-0.25, -0.2) is 4.98 Å². The number of anilines is 1. The van der Waals surface area contributed by atoms with E-state index in [1.165, 1.54) is 17.8 Å². The molecule has 1 aromatic rings. The third-order valence-electron chi connectivity index (χ3n) is 1.92. The smallest absolute Gasteiger partial charge is 0.267 e. The minimum atomic E-state index is -0.533. The molecular weight excluding hydrogens is 224 g/mol. The lowest BCUT2D eigenvalue weighted by Gasteiger charge is -2.09. The number of rotatable bonds is 5. The number of hydrogen-bond donors (Lipinski definition) is 2. The van der Waals surface area contributed by atoms with Gasteiger partial charge in [0.1, 0.15) is 10.7 Å². The largest absolute Gasteiger partial charge is 0.397 e. The van der Waals surface area contributed by atoms with Crippen molar-refractivity contribution in [1.29, 1.82) is 0 Å². The summed E-state index contributed by atoms with van der Waals surface area (Å²) in [5.74, 6) is 0.335. The normalized spacial score (nSPS) is 10.7. The molecule has 0 bridgehead atoms. The van der Waals surface area contributed by atoms with Crippen LogP contribution in [0.2, 0.25) is 0 Å². The number of nitrogens with two attached hydrogens (primary N) is 2. The van der Waals surface area contributed by atoms with Gasteiger partial charge in [-0.3, -0.25) is 4.79 Å². The van der Waals surface area contributed by atoms with Crippen LogP contribution < -0.4 is 11.5 Å². The molecule has 1 heterocycles. The number of amides is 1. The Morgan fingerprint density at radius 3 is 2.75 bits per heavy atom. The maximum Gasteiger partial charge on any atom is 0.267 e. The van der Waals surface area contributed by atoms with Gasteiger partial charge in [0.05, 0.1) is 5.69 Å². The van der Waals surface area contributed by atoms with E-state index < -0.39 is 5.91 Å². The molecule has 0 atom stereocenters. The number of primary amides is 1. The van der Waals surface area contributed by atoms with E-state index in [0.29, 0.717) is 10.7 Å². The zero-order valence-electron chi connectivity index (χ0n) is 9.43. The second-order valence-electron chi connectivity index (χ2n) is 3.61. The molecule has 0 aliphatic rings. The third kappa shape index (κ3) is 3.71. The topological polar surface area (TPSA) is 85.2 Å². The van der Waals surface area contributed by atoms with Gasteiger partial charge in [0.2, 0.25) is 0 Å². The van der Waals surface area contributed by atoms with E-state index in [1.807, 2.05) is 14.1 Å². The number of carbonyl (C=O) groups excluding carboxylic acids is 1. The Balaban J connectivity index is 2.70. The Morgan fingerprint density at radius 1 is 1.50 bits per heavy atom. The van der Waals surface area contributed by atoms with Crippen molar-refractivity contribution in [1.82, 2.24) is 9.88 Å². The van der Waals surface area contributed by atoms with Gasteiger partial charge in [0.15, 0.2) is 0 Å². The van der Waals surface area contributed by atoms with Gasteiger partial charge in [0.25, 0.3) is 5.91 Å². The number of thioether (sulfide) groups is 1. The standard InChI is InChI=1S/C10H16N4OS/c1-14(2)5-6-16-10-7(11)3-4-8(13-10)9(12)15/h3-4H,5-6,11H2,1-2H3,(H2,12,15). The Kier molecular flexibility index (Phi) is 4.57. The van der Waals surface area contributed by atoms with E-state index in [1.54, 1.807) is 6.07 Å². The monoisotopic (exact) mass is 240 g/mol. The molecule has 1 amide bonds. The van der Waals surface area contributed by atoms with Crippen molar-refractivity contribution in [3.05, 3.63) is 17.8 Å². The lowest BCUT2D eigenvalue weighted by atomic mass is 10.3. The summed E-state index contributed by atoms with van der Waals surface area (Å²) in [5, 5.41) is 0.665. The Labute approximate surface area is 99.2 Å². The van der Waals surface area contributed by atoms with Crippen molar-refractivity contribution in [2.75, 3.05) is 32.1 Å². The van der Waals surface area contributed by atoms with Crippen molar-refractivity contribution in [3.8, 4) is 0 Å².